The lowest BCUT2D eigenvalue weighted by Crippen LogP contribution is -2.37. The molecule has 0 atom stereocenters. The van der Waals surface area contributed by atoms with E-state index in [1.807, 2.05) is 6.07 Å². The van der Waals surface area contributed by atoms with Gasteiger partial charge in [0.1, 0.15) is 6.61 Å². The summed E-state index contributed by atoms with van der Waals surface area (Å²) >= 11 is 5.89. The summed E-state index contributed by atoms with van der Waals surface area (Å²) in [6.45, 7) is 0.289. The summed E-state index contributed by atoms with van der Waals surface area (Å²) in [7, 11) is 2.95. The predicted octanol–water partition coefficient (Wildman–Crippen LogP) is 1.34. The number of aryl methyl sites for hydroxylation is 1. The number of hydrogen-bond donors (Lipinski definition) is 0. The maximum Gasteiger partial charge on any atom is 0.332 e. The first-order valence-electron chi connectivity index (χ1n) is 8.09. The van der Waals surface area contributed by atoms with Crippen LogP contribution in [0.4, 0.5) is 0 Å². The lowest BCUT2D eigenvalue weighted by atomic mass is 10.2. The van der Waals surface area contributed by atoms with Gasteiger partial charge in [-0.25, -0.2) is 14.6 Å². The van der Waals surface area contributed by atoms with Crippen LogP contribution in [0.25, 0.3) is 17.2 Å². The predicted molar refractivity (Wildman–Crippen MR) is 102 cm³/mol. The molecule has 0 aliphatic carbocycles. The number of rotatable bonds is 5. The SMILES string of the molecule is Cn1c(=O)c2c(ncn2CCOC(=O)/C=C/c2cccc(Cl)c2)n(C)c1=O. The number of esters is 1. The van der Waals surface area contributed by atoms with Crippen LogP contribution in [0.1, 0.15) is 5.56 Å². The Morgan fingerprint density at radius 3 is 2.78 bits per heavy atom. The molecule has 0 saturated heterocycles. The standard InChI is InChI=1S/C18H17ClN4O4/c1-21-16-15(17(25)22(2)18(21)26)23(11-20-16)8-9-27-14(24)7-6-12-4-3-5-13(19)10-12/h3-7,10-11H,8-9H2,1-2H3/b7-6+. The molecule has 8 nitrogen and oxygen atoms in total. The molecule has 0 saturated carbocycles. The van der Waals surface area contributed by atoms with E-state index in [4.69, 9.17) is 16.3 Å². The van der Waals surface area contributed by atoms with Gasteiger partial charge in [0.15, 0.2) is 11.2 Å². The molecular formula is C18H17ClN4O4. The van der Waals surface area contributed by atoms with Crippen LogP contribution in [0.3, 0.4) is 0 Å². The van der Waals surface area contributed by atoms with Crippen LogP contribution in [0.2, 0.25) is 5.02 Å². The van der Waals surface area contributed by atoms with Gasteiger partial charge >= 0.3 is 11.7 Å². The van der Waals surface area contributed by atoms with Gasteiger partial charge < -0.3 is 9.30 Å². The fraction of sp³-hybridized carbons (Fsp3) is 0.222. The molecule has 0 unspecified atom stereocenters. The van der Waals surface area contributed by atoms with Gasteiger partial charge in [0.25, 0.3) is 5.56 Å². The van der Waals surface area contributed by atoms with Crippen LogP contribution in [0.5, 0.6) is 0 Å². The van der Waals surface area contributed by atoms with Gasteiger partial charge in [-0.15, -0.1) is 0 Å². The smallest absolute Gasteiger partial charge is 0.332 e. The molecule has 140 valence electrons. The Labute approximate surface area is 158 Å². The first-order valence-corrected chi connectivity index (χ1v) is 8.47. The number of carbonyl (C=O) groups is 1. The zero-order valence-electron chi connectivity index (χ0n) is 14.8. The third kappa shape index (κ3) is 3.85. The molecule has 0 amide bonds. The Bertz CT molecular complexity index is 1160. The number of ether oxygens (including phenoxy) is 1. The van der Waals surface area contributed by atoms with E-state index < -0.39 is 17.2 Å². The zero-order valence-corrected chi connectivity index (χ0v) is 15.5. The zero-order chi connectivity index (χ0) is 19.6. The minimum absolute atomic E-state index is 0.0518. The van der Waals surface area contributed by atoms with Gasteiger partial charge in [-0.3, -0.25) is 13.9 Å². The maximum absolute atomic E-state index is 12.3. The second-order valence-electron chi connectivity index (χ2n) is 5.87. The van der Waals surface area contributed by atoms with E-state index in [1.165, 1.54) is 24.0 Å². The van der Waals surface area contributed by atoms with E-state index in [0.29, 0.717) is 5.02 Å². The van der Waals surface area contributed by atoms with Crippen molar-refractivity contribution in [2.75, 3.05) is 6.61 Å². The molecule has 0 spiro atoms. The lowest BCUT2D eigenvalue weighted by molar-refractivity contribution is -0.137. The molecule has 0 bridgehead atoms. The molecule has 0 N–H and O–H groups in total. The van der Waals surface area contributed by atoms with Gasteiger partial charge in [0, 0.05) is 25.2 Å². The topological polar surface area (TPSA) is 88.1 Å². The van der Waals surface area contributed by atoms with Crippen molar-refractivity contribution < 1.29 is 9.53 Å². The van der Waals surface area contributed by atoms with Gasteiger partial charge in [0.2, 0.25) is 0 Å². The van der Waals surface area contributed by atoms with Crippen molar-refractivity contribution in [3.8, 4) is 0 Å². The number of benzene rings is 1. The Hall–Kier alpha value is -3.13. The Balaban J connectivity index is 1.68. The average molecular weight is 389 g/mol. The molecule has 1 aromatic carbocycles. The van der Waals surface area contributed by atoms with E-state index in [0.717, 1.165) is 10.1 Å². The number of aromatic nitrogens is 4. The van der Waals surface area contributed by atoms with Crippen LogP contribution < -0.4 is 11.2 Å². The quantitative estimate of drug-likeness (QED) is 0.486. The highest BCUT2D eigenvalue weighted by Gasteiger charge is 2.14. The van der Waals surface area contributed by atoms with E-state index in [9.17, 15) is 14.4 Å². The molecule has 0 radical (unpaired) electrons. The molecule has 3 aromatic rings. The summed E-state index contributed by atoms with van der Waals surface area (Å²) in [5.41, 5.74) is 0.456. The average Bonchev–Trinajstić information content (AvgIpc) is 3.07. The fourth-order valence-electron chi connectivity index (χ4n) is 2.63. The van der Waals surface area contributed by atoms with Gasteiger partial charge in [-0.1, -0.05) is 23.7 Å². The number of halogens is 1. The summed E-state index contributed by atoms with van der Waals surface area (Å²) in [5, 5.41) is 0.577. The fourth-order valence-corrected chi connectivity index (χ4v) is 2.83. The van der Waals surface area contributed by atoms with Crippen LogP contribution in [-0.4, -0.2) is 31.3 Å². The van der Waals surface area contributed by atoms with E-state index in [-0.39, 0.29) is 24.3 Å². The number of imidazole rings is 1. The largest absolute Gasteiger partial charge is 0.461 e. The van der Waals surface area contributed by atoms with Gasteiger partial charge in [0.05, 0.1) is 12.9 Å². The molecule has 27 heavy (non-hydrogen) atoms. The third-order valence-corrected chi connectivity index (χ3v) is 4.29. The van der Waals surface area contributed by atoms with Gasteiger partial charge in [-0.05, 0) is 23.8 Å². The second-order valence-corrected chi connectivity index (χ2v) is 6.31. The number of fused-ring (bicyclic) bond motifs is 1. The van der Waals surface area contributed by atoms with Crippen molar-refractivity contribution in [3.63, 3.8) is 0 Å². The molecule has 2 heterocycles. The Morgan fingerprint density at radius 1 is 1.26 bits per heavy atom. The normalized spacial score (nSPS) is 11.4. The van der Waals surface area contributed by atoms with E-state index in [1.54, 1.807) is 35.9 Å². The van der Waals surface area contributed by atoms with Crippen LogP contribution in [0, 0.1) is 0 Å². The highest BCUT2D eigenvalue weighted by molar-refractivity contribution is 6.30. The number of nitrogens with zero attached hydrogens (tertiary/aromatic N) is 4. The molecule has 9 heteroatoms. The molecule has 3 rings (SSSR count). The third-order valence-electron chi connectivity index (χ3n) is 4.05. The lowest BCUT2D eigenvalue weighted by Gasteiger charge is -2.07. The first kappa shape index (κ1) is 18.7. The van der Waals surface area contributed by atoms with Crippen molar-refractivity contribution in [1.82, 2.24) is 18.7 Å². The van der Waals surface area contributed by atoms with Crippen LogP contribution in [-0.2, 0) is 30.2 Å². The van der Waals surface area contributed by atoms with E-state index >= 15 is 0 Å². The summed E-state index contributed by atoms with van der Waals surface area (Å²) in [6.07, 6.45) is 4.36. The van der Waals surface area contributed by atoms with Crippen LogP contribution >= 0.6 is 11.6 Å². The molecule has 0 fully saturated rings. The summed E-state index contributed by atoms with van der Waals surface area (Å²) < 4.78 is 9.03. The molecule has 2 aromatic heterocycles. The number of carbonyl (C=O) groups excluding carboxylic acids is 1. The Morgan fingerprint density at radius 2 is 2.04 bits per heavy atom. The van der Waals surface area contributed by atoms with Crippen LogP contribution in [0.15, 0.2) is 46.3 Å². The van der Waals surface area contributed by atoms with Crippen molar-refractivity contribution in [1.29, 1.82) is 0 Å². The first-order chi connectivity index (χ1) is 12.9. The van der Waals surface area contributed by atoms with E-state index in [2.05, 4.69) is 4.98 Å². The summed E-state index contributed by atoms with van der Waals surface area (Å²) in [4.78, 5) is 40.2. The van der Waals surface area contributed by atoms with Crippen molar-refractivity contribution in [2.24, 2.45) is 14.1 Å². The highest BCUT2D eigenvalue weighted by Crippen LogP contribution is 2.12. The van der Waals surface area contributed by atoms with Crippen molar-refractivity contribution in [2.45, 2.75) is 6.54 Å². The highest BCUT2D eigenvalue weighted by atomic mass is 35.5. The number of hydrogen-bond acceptors (Lipinski definition) is 5. The monoisotopic (exact) mass is 388 g/mol. The van der Waals surface area contributed by atoms with Crippen molar-refractivity contribution >= 4 is 34.8 Å². The molecule has 0 aliphatic rings. The Kier molecular flexibility index (Phi) is 5.27. The second kappa shape index (κ2) is 7.63. The molecular weight excluding hydrogens is 372 g/mol. The molecule has 0 aliphatic heterocycles. The minimum atomic E-state index is -0.514. The minimum Gasteiger partial charge on any atom is -0.461 e. The van der Waals surface area contributed by atoms with Crippen molar-refractivity contribution in [3.05, 3.63) is 68.1 Å². The summed E-state index contributed by atoms with van der Waals surface area (Å²) in [6, 6.07) is 7.06. The maximum atomic E-state index is 12.3. The van der Waals surface area contributed by atoms with Gasteiger partial charge in [-0.2, -0.15) is 0 Å². The summed E-state index contributed by atoms with van der Waals surface area (Å²) in [5.74, 6) is -0.514.